The summed E-state index contributed by atoms with van der Waals surface area (Å²) in [7, 11) is -2.15. The van der Waals surface area contributed by atoms with Crippen molar-refractivity contribution in [3.63, 3.8) is 0 Å². The molecule has 0 bridgehead atoms. The SMILES string of the molecule is CN1Cc2cc(NS(=O)(=O)c3ccc(C#N)c(Br)c3)ccc2NC1=O. The average molecular weight is 421 g/mol. The van der Waals surface area contributed by atoms with Crippen LogP contribution in [-0.2, 0) is 16.6 Å². The lowest BCUT2D eigenvalue weighted by Gasteiger charge is -2.26. The summed E-state index contributed by atoms with van der Waals surface area (Å²) in [6.07, 6.45) is 0. The van der Waals surface area contributed by atoms with E-state index in [1.165, 1.54) is 23.1 Å². The first kappa shape index (κ1) is 17.3. The highest BCUT2D eigenvalue weighted by Crippen LogP contribution is 2.28. The van der Waals surface area contributed by atoms with Gasteiger partial charge >= 0.3 is 6.03 Å². The van der Waals surface area contributed by atoms with E-state index in [2.05, 4.69) is 26.0 Å². The first-order valence-electron chi connectivity index (χ1n) is 7.17. The van der Waals surface area contributed by atoms with E-state index in [-0.39, 0.29) is 10.9 Å². The molecule has 0 saturated carbocycles. The zero-order chi connectivity index (χ0) is 18.2. The van der Waals surface area contributed by atoms with Crippen molar-refractivity contribution < 1.29 is 13.2 Å². The van der Waals surface area contributed by atoms with Gasteiger partial charge in [0.2, 0.25) is 0 Å². The van der Waals surface area contributed by atoms with E-state index >= 15 is 0 Å². The van der Waals surface area contributed by atoms with Crippen LogP contribution in [0.1, 0.15) is 11.1 Å². The molecule has 0 aliphatic carbocycles. The standard InChI is InChI=1S/C16H13BrN4O3S/c1-21-9-11-6-12(3-5-15(11)19-16(21)22)20-25(23,24)13-4-2-10(8-18)14(17)7-13/h2-7,20H,9H2,1H3,(H,19,22). The summed E-state index contributed by atoms with van der Waals surface area (Å²) in [4.78, 5) is 13.2. The lowest BCUT2D eigenvalue weighted by atomic mass is 10.1. The summed E-state index contributed by atoms with van der Waals surface area (Å²) in [5, 5.41) is 11.6. The van der Waals surface area contributed by atoms with Gasteiger partial charge in [0.1, 0.15) is 6.07 Å². The molecule has 0 aromatic heterocycles. The summed E-state index contributed by atoms with van der Waals surface area (Å²) in [5.41, 5.74) is 2.21. The predicted octanol–water partition coefficient (Wildman–Crippen LogP) is 3.10. The van der Waals surface area contributed by atoms with Crippen LogP contribution in [0.2, 0.25) is 0 Å². The number of nitriles is 1. The van der Waals surface area contributed by atoms with Gasteiger partial charge in [-0.1, -0.05) is 0 Å². The molecule has 0 spiro atoms. The van der Waals surface area contributed by atoms with Crippen LogP contribution in [0.5, 0.6) is 0 Å². The Bertz CT molecular complexity index is 1010. The molecule has 2 aromatic rings. The molecule has 1 heterocycles. The number of sulfonamides is 1. The molecule has 1 aliphatic heterocycles. The van der Waals surface area contributed by atoms with Gasteiger partial charge in [0.05, 0.1) is 10.5 Å². The molecule has 0 unspecified atom stereocenters. The number of halogens is 1. The summed E-state index contributed by atoms with van der Waals surface area (Å²) < 4.78 is 28.0. The molecule has 2 amide bonds. The van der Waals surface area contributed by atoms with Crippen molar-refractivity contribution in [2.45, 2.75) is 11.4 Å². The van der Waals surface area contributed by atoms with E-state index in [0.29, 0.717) is 28.0 Å². The maximum Gasteiger partial charge on any atom is 0.321 e. The summed E-state index contributed by atoms with van der Waals surface area (Å²) >= 11 is 3.19. The summed E-state index contributed by atoms with van der Waals surface area (Å²) in [5.74, 6) is 0. The number of benzene rings is 2. The zero-order valence-electron chi connectivity index (χ0n) is 13.1. The van der Waals surface area contributed by atoms with E-state index in [0.717, 1.165) is 5.56 Å². The molecule has 2 aromatic carbocycles. The fraction of sp³-hybridized carbons (Fsp3) is 0.125. The van der Waals surface area contributed by atoms with Crippen molar-refractivity contribution in [1.82, 2.24) is 4.90 Å². The number of carbonyl (C=O) groups excluding carboxylic acids is 1. The van der Waals surface area contributed by atoms with E-state index in [1.807, 2.05) is 6.07 Å². The quantitative estimate of drug-likeness (QED) is 0.795. The average Bonchev–Trinajstić information content (AvgIpc) is 2.56. The van der Waals surface area contributed by atoms with E-state index in [9.17, 15) is 13.2 Å². The normalized spacial score (nSPS) is 13.6. The Kier molecular flexibility index (Phi) is 4.41. The highest BCUT2D eigenvalue weighted by atomic mass is 79.9. The monoisotopic (exact) mass is 420 g/mol. The predicted molar refractivity (Wildman–Crippen MR) is 96.6 cm³/mol. The Morgan fingerprint density at radius 2 is 2.04 bits per heavy atom. The second-order valence-corrected chi connectivity index (χ2v) is 8.05. The number of carbonyl (C=O) groups is 1. The lowest BCUT2D eigenvalue weighted by molar-refractivity contribution is 0.218. The molecular formula is C16H13BrN4O3S. The molecular weight excluding hydrogens is 408 g/mol. The number of nitrogens with one attached hydrogen (secondary N) is 2. The second-order valence-electron chi connectivity index (χ2n) is 5.52. The molecule has 0 saturated heterocycles. The number of anilines is 2. The first-order valence-corrected chi connectivity index (χ1v) is 9.45. The van der Waals surface area contributed by atoms with Gasteiger partial charge in [-0.05, 0) is 57.9 Å². The van der Waals surface area contributed by atoms with Crippen LogP contribution >= 0.6 is 15.9 Å². The Hall–Kier alpha value is -2.57. The van der Waals surface area contributed by atoms with Crippen molar-refractivity contribution in [3.8, 4) is 6.07 Å². The maximum atomic E-state index is 12.5. The van der Waals surface area contributed by atoms with Crippen LogP contribution in [0.4, 0.5) is 16.2 Å². The van der Waals surface area contributed by atoms with Crippen molar-refractivity contribution in [1.29, 1.82) is 5.26 Å². The van der Waals surface area contributed by atoms with Crippen LogP contribution in [0, 0.1) is 11.3 Å². The number of hydrogen-bond donors (Lipinski definition) is 2. The molecule has 7 nitrogen and oxygen atoms in total. The molecule has 3 rings (SSSR count). The Balaban J connectivity index is 1.89. The molecule has 0 radical (unpaired) electrons. The van der Waals surface area contributed by atoms with Gasteiger partial charge in [0.15, 0.2) is 0 Å². The van der Waals surface area contributed by atoms with Crippen LogP contribution in [0.15, 0.2) is 45.8 Å². The van der Waals surface area contributed by atoms with Gasteiger partial charge in [0, 0.05) is 29.4 Å². The minimum atomic E-state index is -3.80. The summed E-state index contributed by atoms with van der Waals surface area (Å²) in [6.45, 7) is 0.388. The van der Waals surface area contributed by atoms with Crippen LogP contribution < -0.4 is 10.0 Å². The topological polar surface area (TPSA) is 102 Å². The highest BCUT2D eigenvalue weighted by molar-refractivity contribution is 9.10. The van der Waals surface area contributed by atoms with E-state index < -0.39 is 10.0 Å². The minimum absolute atomic E-state index is 0.0431. The number of urea groups is 1. The van der Waals surface area contributed by atoms with Gasteiger partial charge in [0.25, 0.3) is 10.0 Å². The van der Waals surface area contributed by atoms with Gasteiger partial charge in [-0.25, -0.2) is 13.2 Å². The van der Waals surface area contributed by atoms with Crippen LogP contribution in [0.3, 0.4) is 0 Å². The number of rotatable bonds is 3. The molecule has 9 heteroatoms. The maximum absolute atomic E-state index is 12.5. The van der Waals surface area contributed by atoms with Gasteiger partial charge in [-0.15, -0.1) is 0 Å². The molecule has 128 valence electrons. The molecule has 1 aliphatic rings. The second kappa shape index (κ2) is 6.38. The zero-order valence-corrected chi connectivity index (χ0v) is 15.5. The van der Waals surface area contributed by atoms with Gasteiger partial charge in [-0.2, -0.15) is 5.26 Å². The van der Waals surface area contributed by atoms with Gasteiger partial charge in [-0.3, -0.25) is 4.72 Å². The van der Waals surface area contributed by atoms with Crippen molar-refractivity contribution in [2.24, 2.45) is 0 Å². The number of hydrogen-bond acceptors (Lipinski definition) is 4. The molecule has 0 fully saturated rings. The third kappa shape index (κ3) is 3.45. The number of nitrogens with zero attached hydrogens (tertiary/aromatic N) is 2. The third-order valence-electron chi connectivity index (χ3n) is 3.72. The van der Waals surface area contributed by atoms with Crippen molar-refractivity contribution >= 4 is 43.4 Å². The first-order chi connectivity index (χ1) is 11.8. The highest BCUT2D eigenvalue weighted by Gasteiger charge is 2.21. The van der Waals surface area contributed by atoms with Crippen LogP contribution in [-0.4, -0.2) is 26.4 Å². The van der Waals surface area contributed by atoms with Crippen molar-refractivity contribution in [3.05, 3.63) is 52.0 Å². The number of amides is 2. The van der Waals surface area contributed by atoms with Gasteiger partial charge < -0.3 is 10.2 Å². The van der Waals surface area contributed by atoms with Crippen LogP contribution in [0.25, 0.3) is 0 Å². The van der Waals surface area contributed by atoms with E-state index in [1.54, 1.807) is 25.2 Å². The molecule has 2 N–H and O–H groups in total. The lowest BCUT2D eigenvalue weighted by Crippen LogP contribution is -2.35. The fourth-order valence-corrected chi connectivity index (χ4v) is 4.11. The Morgan fingerprint density at radius 1 is 1.28 bits per heavy atom. The largest absolute Gasteiger partial charge is 0.323 e. The Morgan fingerprint density at radius 3 is 2.72 bits per heavy atom. The minimum Gasteiger partial charge on any atom is -0.323 e. The fourth-order valence-electron chi connectivity index (χ4n) is 2.42. The smallest absolute Gasteiger partial charge is 0.321 e. The number of fused-ring (bicyclic) bond motifs is 1. The summed E-state index contributed by atoms with van der Waals surface area (Å²) in [6, 6.07) is 10.9. The van der Waals surface area contributed by atoms with Crippen molar-refractivity contribution in [2.75, 3.05) is 17.1 Å². The molecule has 0 atom stereocenters. The third-order valence-corrected chi connectivity index (χ3v) is 5.76. The molecule has 25 heavy (non-hydrogen) atoms. The van der Waals surface area contributed by atoms with E-state index in [4.69, 9.17) is 5.26 Å². The Labute approximate surface area is 153 Å².